The number of nitrogens with one attached hydrogen (secondary N) is 2. The highest BCUT2D eigenvalue weighted by atomic mass is 32.1. The lowest BCUT2D eigenvalue weighted by Gasteiger charge is -2.19. The molecule has 1 aromatic heterocycles. The summed E-state index contributed by atoms with van der Waals surface area (Å²) in [5.41, 5.74) is 3.52. The van der Waals surface area contributed by atoms with Gasteiger partial charge < -0.3 is 20.5 Å². The van der Waals surface area contributed by atoms with Crippen LogP contribution >= 0.6 is 11.3 Å². The van der Waals surface area contributed by atoms with E-state index in [1.807, 2.05) is 48.5 Å². The van der Waals surface area contributed by atoms with Crippen molar-refractivity contribution >= 4 is 28.8 Å². The van der Waals surface area contributed by atoms with E-state index in [0.29, 0.717) is 35.7 Å². The van der Waals surface area contributed by atoms with Crippen molar-refractivity contribution in [3.63, 3.8) is 0 Å². The predicted molar refractivity (Wildman–Crippen MR) is 168 cm³/mol. The van der Waals surface area contributed by atoms with Gasteiger partial charge in [0.25, 0.3) is 0 Å². The maximum Gasteiger partial charge on any atom is 0.326 e. The summed E-state index contributed by atoms with van der Waals surface area (Å²) in [6, 6.07) is 37.1. The molecule has 0 fully saturated rings. The molecular weight excluding hydrogens is 544 g/mol. The van der Waals surface area contributed by atoms with E-state index in [0.717, 1.165) is 5.56 Å². The van der Waals surface area contributed by atoms with Gasteiger partial charge >= 0.3 is 5.97 Å². The van der Waals surface area contributed by atoms with E-state index < -0.39 is 12.0 Å². The number of ketones is 1. The molecule has 1 heterocycles. The van der Waals surface area contributed by atoms with Crippen molar-refractivity contribution in [3.05, 3.63) is 154 Å². The van der Waals surface area contributed by atoms with Gasteiger partial charge in [-0.15, -0.1) is 11.3 Å². The average molecular weight is 577 g/mol. The van der Waals surface area contributed by atoms with Crippen LogP contribution in [0.4, 0.5) is 5.69 Å². The van der Waals surface area contributed by atoms with Crippen molar-refractivity contribution in [1.82, 2.24) is 5.32 Å². The Balaban J connectivity index is 1.17. The monoisotopic (exact) mass is 576 g/mol. The molecular formula is C35H32N2O4S. The van der Waals surface area contributed by atoms with Crippen LogP contribution in [0.2, 0.25) is 0 Å². The van der Waals surface area contributed by atoms with E-state index in [1.54, 1.807) is 59.9 Å². The highest BCUT2D eigenvalue weighted by molar-refractivity contribution is 7.10. The molecule has 4 aromatic carbocycles. The van der Waals surface area contributed by atoms with Crippen LogP contribution in [0.3, 0.4) is 0 Å². The van der Waals surface area contributed by atoms with Gasteiger partial charge in [-0.05, 0) is 46.8 Å². The maximum absolute atomic E-state index is 13.1. The van der Waals surface area contributed by atoms with Crippen LogP contribution in [-0.2, 0) is 11.2 Å². The van der Waals surface area contributed by atoms with E-state index in [2.05, 4.69) is 40.3 Å². The molecule has 5 rings (SSSR count). The van der Waals surface area contributed by atoms with Crippen molar-refractivity contribution in [2.75, 3.05) is 18.5 Å². The summed E-state index contributed by atoms with van der Waals surface area (Å²) in [5.74, 6) is -0.446. The zero-order chi connectivity index (χ0) is 29.1. The van der Waals surface area contributed by atoms with Crippen molar-refractivity contribution in [2.24, 2.45) is 0 Å². The second kappa shape index (κ2) is 14.3. The Morgan fingerprint density at radius 2 is 1.48 bits per heavy atom. The Bertz CT molecular complexity index is 1570. The van der Waals surface area contributed by atoms with Crippen LogP contribution in [0.25, 0.3) is 0 Å². The van der Waals surface area contributed by atoms with Gasteiger partial charge in [0.05, 0.1) is 6.04 Å². The number of aliphatic carboxylic acids is 1. The van der Waals surface area contributed by atoms with Gasteiger partial charge in [0.1, 0.15) is 18.4 Å². The second-order valence-electron chi connectivity index (χ2n) is 9.79. The average Bonchev–Trinajstić information content (AvgIpc) is 3.57. The molecule has 0 saturated carbocycles. The molecule has 42 heavy (non-hydrogen) atoms. The van der Waals surface area contributed by atoms with E-state index in [9.17, 15) is 14.7 Å². The predicted octanol–water partition coefficient (Wildman–Crippen LogP) is 6.84. The first-order valence-corrected chi connectivity index (χ1v) is 14.7. The largest absolute Gasteiger partial charge is 0.492 e. The summed E-state index contributed by atoms with van der Waals surface area (Å²) >= 11 is 1.72. The van der Waals surface area contributed by atoms with Crippen LogP contribution < -0.4 is 15.4 Å². The molecule has 0 aliphatic carbocycles. The first kappa shape index (κ1) is 28.8. The van der Waals surface area contributed by atoms with Gasteiger partial charge in [-0.2, -0.15) is 0 Å². The van der Waals surface area contributed by atoms with Gasteiger partial charge in [-0.25, -0.2) is 4.79 Å². The second-order valence-corrected chi connectivity index (χ2v) is 10.8. The molecule has 0 radical (unpaired) electrons. The number of rotatable bonds is 14. The number of hydrogen-bond donors (Lipinski definition) is 3. The molecule has 0 bridgehead atoms. The molecule has 0 saturated heterocycles. The Hall–Kier alpha value is -4.72. The normalized spacial score (nSPS) is 12.3. The van der Waals surface area contributed by atoms with Crippen molar-refractivity contribution in [3.8, 4) is 5.75 Å². The standard InChI is InChI=1S/C35H32N2O4S/c38-34(27-12-5-2-6-13-27)29-14-7-8-15-30(29)37-31(35(39)40)24-25-17-19-28(20-18-25)41-22-21-36-33(32-16-9-23-42-32)26-10-3-1-4-11-26/h1-20,23,31,33,36-37H,21-22,24H2,(H,39,40)/t31-,33?/m0/s1. The number of ether oxygens (including phenoxy) is 1. The van der Waals surface area contributed by atoms with Gasteiger partial charge in [0.2, 0.25) is 0 Å². The van der Waals surface area contributed by atoms with Crippen molar-refractivity contribution < 1.29 is 19.4 Å². The van der Waals surface area contributed by atoms with Crippen LogP contribution in [0, 0.1) is 0 Å². The van der Waals surface area contributed by atoms with E-state index in [1.165, 1.54) is 10.4 Å². The van der Waals surface area contributed by atoms with Gasteiger partial charge in [-0.3, -0.25) is 4.79 Å². The Kier molecular flexibility index (Phi) is 9.77. The van der Waals surface area contributed by atoms with Crippen LogP contribution in [0.1, 0.15) is 38.0 Å². The third-order valence-electron chi connectivity index (χ3n) is 6.88. The number of carbonyl (C=O) groups excluding carboxylic acids is 1. The Morgan fingerprint density at radius 1 is 0.786 bits per heavy atom. The topological polar surface area (TPSA) is 87.7 Å². The molecule has 2 atom stereocenters. The number of anilines is 1. The summed E-state index contributed by atoms with van der Waals surface area (Å²) in [5, 5.41) is 18.7. The molecule has 0 aliphatic rings. The lowest BCUT2D eigenvalue weighted by molar-refractivity contribution is -0.137. The molecule has 0 aliphatic heterocycles. The number of thiophene rings is 1. The minimum Gasteiger partial charge on any atom is -0.492 e. The third kappa shape index (κ3) is 7.51. The summed E-state index contributed by atoms with van der Waals surface area (Å²) in [7, 11) is 0. The van der Waals surface area contributed by atoms with E-state index in [-0.39, 0.29) is 18.2 Å². The molecule has 7 heteroatoms. The summed E-state index contributed by atoms with van der Waals surface area (Å²) in [6.45, 7) is 1.14. The van der Waals surface area contributed by atoms with Crippen LogP contribution in [0.15, 0.2) is 127 Å². The van der Waals surface area contributed by atoms with Crippen molar-refractivity contribution in [2.45, 2.75) is 18.5 Å². The Labute approximate surface area is 249 Å². The summed E-state index contributed by atoms with van der Waals surface area (Å²) in [6.07, 6.45) is 0.241. The fourth-order valence-electron chi connectivity index (χ4n) is 4.75. The fraction of sp³-hybridized carbons (Fsp3) is 0.143. The zero-order valence-corrected chi connectivity index (χ0v) is 23.8. The van der Waals surface area contributed by atoms with Gasteiger partial charge in [0.15, 0.2) is 5.78 Å². The van der Waals surface area contributed by atoms with Crippen LogP contribution in [-0.4, -0.2) is 36.1 Å². The number of hydrogen-bond acceptors (Lipinski definition) is 6. The summed E-state index contributed by atoms with van der Waals surface area (Å²) in [4.78, 5) is 26.5. The molecule has 0 amide bonds. The van der Waals surface area contributed by atoms with Gasteiger partial charge in [-0.1, -0.05) is 91.0 Å². The number of para-hydroxylation sites is 1. The van der Waals surface area contributed by atoms with E-state index >= 15 is 0 Å². The highest BCUT2D eigenvalue weighted by Crippen LogP contribution is 2.26. The minimum absolute atomic E-state index is 0.103. The number of benzene rings is 4. The third-order valence-corrected chi connectivity index (χ3v) is 7.82. The quantitative estimate of drug-likeness (QED) is 0.0991. The fourth-order valence-corrected chi connectivity index (χ4v) is 5.58. The summed E-state index contributed by atoms with van der Waals surface area (Å²) < 4.78 is 5.97. The molecule has 1 unspecified atom stereocenters. The lowest BCUT2D eigenvalue weighted by atomic mass is 10.00. The highest BCUT2D eigenvalue weighted by Gasteiger charge is 2.21. The minimum atomic E-state index is -0.998. The zero-order valence-electron chi connectivity index (χ0n) is 23.0. The molecule has 5 aromatic rings. The molecule has 3 N–H and O–H groups in total. The smallest absolute Gasteiger partial charge is 0.326 e. The number of carbonyl (C=O) groups is 2. The Morgan fingerprint density at radius 3 is 2.17 bits per heavy atom. The molecule has 212 valence electrons. The molecule has 0 spiro atoms. The maximum atomic E-state index is 13.1. The first-order valence-electron chi connectivity index (χ1n) is 13.8. The van der Waals surface area contributed by atoms with Crippen molar-refractivity contribution in [1.29, 1.82) is 0 Å². The first-order chi connectivity index (χ1) is 20.6. The molecule has 6 nitrogen and oxygen atoms in total. The number of carboxylic acids is 1. The SMILES string of the molecule is O=C(c1ccccc1)c1ccccc1N[C@@H](Cc1ccc(OCCNC(c2ccccc2)c2cccs2)cc1)C(=O)O. The van der Waals surface area contributed by atoms with Gasteiger partial charge in [0, 0.05) is 34.7 Å². The van der Waals surface area contributed by atoms with Crippen LogP contribution in [0.5, 0.6) is 5.75 Å². The van der Waals surface area contributed by atoms with E-state index in [4.69, 9.17) is 4.74 Å². The lowest BCUT2D eigenvalue weighted by Crippen LogP contribution is -2.32. The number of carboxylic acid groups (broad SMARTS) is 1.